The van der Waals surface area contributed by atoms with Crippen molar-refractivity contribution in [1.82, 2.24) is 14.9 Å². The normalized spacial score (nSPS) is 15.6. The second-order valence-corrected chi connectivity index (χ2v) is 7.42. The molecular formula is C13H21Cl4N3O2S. The molecule has 1 aromatic rings. The third-order valence-electron chi connectivity index (χ3n) is 3.36. The minimum atomic E-state index is -3.61. The van der Waals surface area contributed by atoms with Gasteiger partial charge in [-0.1, -0.05) is 29.3 Å². The molecule has 0 aliphatic carbocycles. The highest BCUT2D eigenvalue weighted by Gasteiger charge is 2.19. The summed E-state index contributed by atoms with van der Waals surface area (Å²) in [5.74, 6) is 0. The van der Waals surface area contributed by atoms with Crippen LogP contribution in [-0.4, -0.2) is 52.6 Å². The lowest BCUT2D eigenvalue weighted by Gasteiger charge is -2.27. The van der Waals surface area contributed by atoms with Crippen molar-refractivity contribution >= 4 is 58.0 Å². The lowest BCUT2D eigenvalue weighted by atomic mass is 10.3. The topological polar surface area (TPSA) is 61.4 Å². The molecule has 10 heteroatoms. The van der Waals surface area contributed by atoms with Crippen LogP contribution in [0.3, 0.4) is 0 Å². The Balaban J connectivity index is 0.00000242. The van der Waals surface area contributed by atoms with E-state index in [4.69, 9.17) is 23.2 Å². The zero-order valence-electron chi connectivity index (χ0n) is 12.4. The van der Waals surface area contributed by atoms with Gasteiger partial charge < -0.3 is 10.2 Å². The highest BCUT2D eigenvalue weighted by Crippen LogP contribution is 2.28. The first-order valence-corrected chi connectivity index (χ1v) is 9.11. The zero-order valence-corrected chi connectivity index (χ0v) is 16.4. The lowest BCUT2D eigenvalue weighted by molar-refractivity contribution is 0.239. The standard InChI is InChI=1S/C13H19Cl2N3O2S.2ClH/c14-11-3-1-4-12(13(11)15)21(19,20)17-5-2-8-18-9-6-16-7-10-18;;/h1,3-4,16-17H,2,5-10H2;2*1H. The Bertz CT molecular complexity index is 581. The van der Waals surface area contributed by atoms with Gasteiger partial charge >= 0.3 is 0 Å². The maximum atomic E-state index is 12.2. The van der Waals surface area contributed by atoms with Crippen molar-refractivity contribution in [2.45, 2.75) is 11.3 Å². The summed E-state index contributed by atoms with van der Waals surface area (Å²) in [6.07, 6.45) is 0.761. The Morgan fingerprint density at radius 1 is 1.17 bits per heavy atom. The molecule has 0 radical (unpaired) electrons. The summed E-state index contributed by atoms with van der Waals surface area (Å²) in [6, 6.07) is 4.59. The van der Waals surface area contributed by atoms with Gasteiger partial charge in [0.25, 0.3) is 0 Å². The summed E-state index contributed by atoms with van der Waals surface area (Å²) in [4.78, 5) is 2.34. The quantitative estimate of drug-likeness (QED) is 0.688. The molecule has 0 unspecified atom stereocenters. The maximum absolute atomic E-state index is 12.2. The number of hydrogen-bond donors (Lipinski definition) is 2. The van der Waals surface area contributed by atoms with Crippen molar-refractivity contribution < 1.29 is 8.42 Å². The summed E-state index contributed by atoms with van der Waals surface area (Å²) in [5.41, 5.74) is 0. The summed E-state index contributed by atoms with van der Waals surface area (Å²) in [7, 11) is -3.61. The van der Waals surface area contributed by atoms with Crippen LogP contribution < -0.4 is 10.0 Å². The van der Waals surface area contributed by atoms with Gasteiger partial charge in [-0.3, -0.25) is 0 Å². The van der Waals surface area contributed by atoms with E-state index >= 15 is 0 Å². The van der Waals surface area contributed by atoms with Gasteiger partial charge in [0.1, 0.15) is 4.90 Å². The predicted molar refractivity (Wildman–Crippen MR) is 100 cm³/mol. The van der Waals surface area contributed by atoms with Crippen molar-refractivity contribution in [2.24, 2.45) is 0 Å². The van der Waals surface area contributed by atoms with Crippen LogP contribution in [0.2, 0.25) is 10.0 Å². The minimum Gasteiger partial charge on any atom is -0.314 e. The molecule has 2 rings (SSSR count). The van der Waals surface area contributed by atoms with Crippen molar-refractivity contribution in [3.63, 3.8) is 0 Å². The fourth-order valence-corrected chi connectivity index (χ4v) is 4.05. The van der Waals surface area contributed by atoms with Crippen LogP contribution in [-0.2, 0) is 10.0 Å². The fraction of sp³-hybridized carbons (Fsp3) is 0.538. The molecule has 1 aliphatic rings. The van der Waals surface area contributed by atoms with Gasteiger partial charge in [-0.2, -0.15) is 0 Å². The van der Waals surface area contributed by atoms with E-state index in [1.807, 2.05) is 0 Å². The van der Waals surface area contributed by atoms with Crippen LogP contribution in [0.4, 0.5) is 0 Å². The molecule has 0 atom stereocenters. The molecule has 0 bridgehead atoms. The molecule has 0 saturated carbocycles. The molecule has 5 nitrogen and oxygen atoms in total. The Morgan fingerprint density at radius 3 is 2.48 bits per heavy atom. The number of piperazine rings is 1. The predicted octanol–water partition coefficient (Wildman–Crippen LogP) is 2.41. The fourth-order valence-electron chi connectivity index (χ4n) is 2.21. The van der Waals surface area contributed by atoms with Gasteiger partial charge in [0.2, 0.25) is 10.0 Å². The summed E-state index contributed by atoms with van der Waals surface area (Å²) in [6.45, 7) is 5.26. The lowest BCUT2D eigenvalue weighted by Crippen LogP contribution is -2.44. The number of nitrogens with zero attached hydrogens (tertiary/aromatic N) is 1. The van der Waals surface area contributed by atoms with E-state index in [9.17, 15) is 8.42 Å². The van der Waals surface area contributed by atoms with Crippen LogP contribution in [0.25, 0.3) is 0 Å². The molecule has 2 N–H and O–H groups in total. The molecule has 0 spiro atoms. The molecule has 134 valence electrons. The monoisotopic (exact) mass is 423 g/mol. The molecular weight excluding hydrogens is 404 g/mol. The highest BCUT2D eigenvalue weighted by molar-refractivity contribution is 7.89. The highest BCUT2D eigenvalue weighted by atomic mass is 35.5. The largest absolute Gasteiger partial charge is 0.314 e. The SMILES string of the molecule is Cl.Cl.O=S(=O)(NCCCN1CCNCC1)c1cccc(Cl)c1Cl. The minimum absolute atomic E-state index is 0. The number of benzene rings is 1. The van der Waals surface area contributed by atoms with Gasteiger partial charge in [0.05, 0.1) is 10.0 Å². The Hall–Kier alpha value is 0.210. The Labute approximate surface area is 160 Å². The van der Waals surface area contributed by atoms with E-state index in [1.165, 1.54) is 6.07 Å². The van der Waals surface area contributed by atoms with Gasteiger partial charge in [0.15, 0.2) is 0 Å². The van der Waals surface area contributed by atoms with E-state index in [0.29, 0.717) is 6.54 Å². The van der Waals surface area contributed by atoms with Crippen molar-refractivity contribution in [1.29, 1.82) is 0 Å². The van der Waals surface area contributed by atoms with E-state index in [0.717, 1.165) is 39.1 Å². The second kappa shape index (κ2) is 10.9. The third-order valence-corrected chi connectivity index (χ3v) is 5.79. The molecule has 0 aromatic heterocycles. The molecule has 0 amide bonds. The van der Waals surface area contributed by atoms with E-state index in [2.05, 4.69) is 14.9 Å². The van der Waals surface area contributed by atoms with Crippen LogP contribution in [0.15, 0.2) is 23.1 Å². The zero-order chi connectivity index (χ0) is 15.3. The number of rotatable bonds is 6. The summed E-state index contributed by atoms with van der Waals surface area (Å²) < 4.78 is 26.9. The molecule has 1 aromatic carbocycles. The molecule has 1 aliphatic heterocycles. The van der Waals surface area contributed by atoms with E-state index < -0.39 is 10.0 Å². The molecule has 1 saturated heterocycles. The Kier molecular flexibility index (Phi) is 11.0. The maximum Gasteiger partial charge on any atom is 0.242 e. The number of hydrogen-bond acceptors (Lipinski definition) is 4. The first-order valence-electron chi connectivity index (χ1n) is 6.87. The van der Waals surface area contributed by atoms with Crippen LogP contribution in [0, 0.1) is 0 Å². The average Bonchev–Trinajstić information content (AvgIpc) is 2.47. The van der Waals surface area contributed by atoms with Gasteiger partial charge in [0, 0.05) is 32.7 Å². The van der Waals surface area contributed by atoms with Crippen molar-refractivity contribution in [3.8, 4) is 0 Å². The van der Waals surface area contributed by atoms with Crippen molar-refractivity contribution in [2.75, 3.05) is 39.3 Å². The first kappa shape index (κ1) is 23.2. The van der Waals surface area contributed by atoms with Crippen LogP contribution >= 0.6 is 48.0 Å². The van der Waals surface area contributed by atoms with E-state index in [-0.39, 0.29) is 39.8 Å². The number of sulfonamides is 1. The third kappa shape index (κ3) is 6.92. The van der Waals surface area contributed by atoms with Gasteiger partial charge in [-0.15, -0.1) is 24.8 Å². The van der Waals surface area contributed by atoms with Crippen LogP contribution in [0.5, 0.6) is 0 Å². The summed E-state index contributed by atoms with van der Waals surface area (Å²) in [5, 5.41) is 3.58. The molecule has 1 heterocycles. The van der Waals surface area contributed by atoms with Gasteiger partial charge in [-0.05, 0) is 25.1 Å². The average molecular weight is 425 g/mol. The van der Waals surface area contributed by atoms with Gasteiger partial charge in [-0.25, -0.2) is 13.1 Å². The van der Waals surface area contributed by atoms with E-state index in [1.54, 1.807) is 12.1 Å². The second-order valence-electron chi connectivity index (χ2n) is 4.89. The number of halogens is 4. The van der Waals surface area contributed by atoms with Crippen LogP contribution in [0.1, 0.15) is 6.42 Å². The molecule has 23 heavy (non-hydrogen) atoms. The molecule has 1 fully saturated rings. The van der Waals surface area contributed by atoms with Crippen molar-refractivity contribution in [3.05, 3.63) is 28.2 Å². The smallest absolute Gasteiger partial charge is 0.242 e. The number of nitrogens with one attached hydrogen (secondary N) is 2. The first-order chi connectivity index (χ1) is 10.0. The summed E-state index contributed by atoms with van der Waals surface area (Å²) >= 11 is 11.8. The Morgan fingerprint density at radius 2 is 1.83 bits per heavy atom.